The van der Waals surface area contributed by atoms with Crippen LogP contribution in [0.3, 0.4) is 0 Å². The summed E-state index contributed by atoms with van der Waals surface area (Å²) >= 11 is 0. The molecule has 0 spiro atoms. The molecule has 0 aliphatic carbocycles. The van der Waals surface area contributed by atoms with Gasteiger partial charge in [-0.2, -0.15) is 0 Å². The molecule has 414 valence electrons. The molecule has 70 heavy (non-hydrogen) atoms. The Kier molecular flexibility index (Phi) is 51.2. The first kappa shape index (κ1) is 68.5. The zero-order chi connectivity index (χ0) is 51.3. The van der Waals surface area contributed by atoms with Crippen molar-refractivity contribution in [2.75, 3.05) is 47.5 Å². The summed E-state index contributed by atoms with van der Waals surface area (Å²) in [4.78, 5) is 37.8. The first-order chi connectivity index (χ1) is 34.0. The average molecular weight is 1010 g/mol. The minimum atomic E-state index is -4.63. The van der Waals surface area contributed by atoms with Crippen LogP contribution in [0.25, 0.3) is 0 Å². The van der Waals surface area contributed by atoms with E-state index in [1.54, 1.807) is 0 Å². The van der Waals surface area contributed by atoms with Crippen molar-refractivity contribution in [1.29, 1.82) is 0 Å². The number of esters is 2. The first-order valence-electron chi connectivity index (χ1n) is 30.0. The third kappa shape index (κ3) is 55.8. The smallest absolute Gasteiger partial charge is 0.306 e. The lowest BCUT2D eigenvalue weighted by Crippen LogP contribution is -2.37. The first-order valence-corrected chi connectivity index (χ1v) is 31.5. The fourth-order valence-electron chi connectivity index (χ4n) is 8.77. The Morgan fingerprint density at radius 1 is 0.429 bits per heavy atom. The highest BCUT2D eigenvalue weighted by Crippen LogP contribution is 2.38. The van der Waals surface area contributed by atoms with Crippen LogP contribution < -0.4 is 4.89 Å². The van der Waals surface area contributed by atoms with Gasteiger partial charge in [0.05, 0.1) is 27.7 Å². The molecule has 0 fully saturated rings. The Morgan fingerprint density at radius 3 is 1.06 bits per heavy atom. The summed E-state index contributed by atoms with van der Waals surface area (Å²) in [5.41, 5.74) is 0. The summed E-state index contributed by atoms with van der Waals surface area (Å²) in [5.74, 6) is -0.829. The molecule has 0 amide bonds. The van der Waals surface area contributed by atoms with Gasteiger partial charge in [0.25, 0.3) is 7.82 Å². The summed E-state index contributed by atoms with van der Waals surface area (Å²) in [5, 5.41) is 0. The lowest BCUT2D eigenvalue weighted by atomic mass is 10.0. The number of ether oxygens (including phenoxy) is 2. The molecule has 0 aromatic carbocycles. The van der Waals surface area contributed by atoms with E-state index in [1.807, 2.05) is 21.1 Å². The molecule has 0 N–H and O–H groups in total. The molecule has 0 rings (SSSR count). The van der Waals surface area contributed by atoms with Gasteiger partial charge in [0.15, 0.2) is 6.10 Å². The fraction of sp³-hybridized carbons (Fsp3) is 0.900. The SMILES string of the molecule is CCCCCCCC/C=C\CCCCCCCC(=O)OCC(COP(=O)([O-])OCC[N+](C)(C)C)OC(=O)CCCCCCCCCCCCCCCCCCCCC/C=C\CCCCCCCCCC. The van der Waals surface area contributed by atoms with E-state index in [2.05, 4.69) is 38.2 Å². The quantitative estimate of drug-likeness (QED) is 0.0195. The molecule has 0 heterocycles. The van der Waals surface area contributed by atoms with Crippen molar-refractivity contribution in [3.63, 3.8) is 0 Å². The highest BCUT2D eigenvalue weighted by molar-refractivity contribution is 7.45. The van der Waals surface area contributed by atoms with Gasteiger partial charge in [-0.3, -0.25) is 14.2 Å². The zero-order valence-electron chi connectivity index (χ0n) is 47.0. The number of unbranched alkanes of at least 4 members (excludes halogenated alkanes) is 38. The number of likely N-dealkylation sites (N-methyl/N-ethyl adjacent to an activating group) is 1. The lowest BCUT2D eigenvalue weighted by Gasteiger charge is -2.28. The number of nitrogens with zero attached hydrogens (tertiary/aromatic N) is 1. The van der Waals surface area contributed by atoms with E-state index < -0.39 is 26.5 Å². The third-order valence-electron chi connectivity index (χ3n) is 13.4. The molecule has 0 radical (unpaired) electrons. The summed E-state index contributed by atoms with van der Waals surface area (Å²) in [7, 11) is 1.18. The van der Waals surface area contributed by atoms with Crippen LogP contribution in [0.15, 0.2) is 24.3 Å². The van der Waals surface area contributed by atoms with Crippen LogP contribution in [0, 0.1) is 0 Å². The van der Waals surface area contributed by atoms with Crippen molar-refractivity contribution >= 4 is 19.8 Å². The summed E-state index contributed by atoms with van der Waals surface area (Å²) < 4.78 is 34.1. The number of hydrogen-bond donors (Lipinski definition) is 0. The van der Waals surface area contributed by atoms with Crippen molar-refractivity contribution in [2.45, 2.75) is 302 Å². The Hall–Kier alpha value is -1.51. The van der Waals surface area contributed by atoms with Gasteiger partial charge in [-0.15, -0.1) is 0 Å². The van der Waals surface area contributed by atoms with Gasteiger partial charge in [0, 0.05) is 12.8 Å². The Morgan fingerprint density at radius 2 is 0.729 bits per heavy atom. The van der Waals surface area contributed by atoms with Crippen LogP contribution in [-0.2, 0) is 32.7 Å². The normalized spacial score (nSPS) is 13.4. The number of carbonyl (C=O) groups excluding carboxylic acids is 2. The molecule has 0 aromatic heterocycles. The molecular weight excluding hydrogens is 894 g/mol. The van der Waals surface area contributed by atoms with Gasteiger partial charge in [-0.05, 0) is 64.2 Å². The van der Waals surface area contributed by atoms with Crippen LogP contribution in [0.1, 0.15) is 296 Å². The second-order valence-electron chi connectivity index (χ2n) is 21.7. The van der Waals surface area contributed by atoms with Gasteiger partial charge in [0.2, 0.25) is 0 Å². The van der Waals surface area contributed by atoms with Crippen LogP contribution in [0.5, 0.6) is 0 Å². The predicted molar refractivity (Wildman–Crippen MR) is 296 cm³/mol. The third-order valence-corrected chi connectivity index (χ3v) is 14.4. The van der Waals surface area contributed by atoms with Crippen molar-refractivity contribution < 1.29 is 42.1 Å². The maximum atomic E-state index is 12.8. The zero-order valence-corrected chi connectivity index (χ0v) is 47.9. The number of carbonyl (C=O) groups is 2. The van der Waals surface area contributed by atoms with E-state index in [0.29, 0.717) is 17.4 Å². The standard InChI is InChI=1S/C60H116NO8P/c1-6-8-10-12-14-16-18-20-22-23-24-25-26-27-28-29-30-31-32-33-34-35-36-37-39-41-43-45-47-49-51-53-60(63)69-58(57-68-70(64,65)67-55-54-61(3,4)5)56-66-59(62)52-50-48-46-44-42-40-38-21-19-17-15-13-11-9-7-2/h21,23-24,38,58H,6-20,22,25-37,39-57H2,1-5H3/b24-23-,38-21-. The number of phosphoric acid groups is 1. The number of rotatable bonds is 56. The molecule has 9 nitrogen and oxygen atoms in total. The predicted octanol–water partition coefficient (Wildman–Crippen LogP) is 18.0. The number of hydrogen-bond acceptors (Lipinski definition) is 8. The van der Waals surface area contributed by atoms with E-state index in [9.17, 15) is 19.0 Å². The van der Waals surface area contributed by atoms with Crippen molar-refractivity contribution in [2.24, 2.45) is 0 Å². The maximum absolute atomic E-state index is 12.8. The Bertz CT molecular complexity index is 1240. The van der Waals surface area contributed by atoms with E-state index in [4.69, 9.17) is 18.5 Å². The largest absolute Gasteiger partial charge is 0.756 e. The summed E-state index contributed by atoms with van der Waals surface area (Å²) in [6.45, 7) is 4.27. The highest BCUT2D eigenvalue weighted by atomic mass is 31.2. The lowest BCUT2D eigenvalue weighted by molar-refractivity contribution is -0.870. The van der Waals surface area contributed by atoms with Crippen LogP contribution >= 0.6 is 7.82 Å². The molecule has 0 saturated heterocycles. The van der Waals surface area contributed by atoms with Crippen LogP contribution in [0.2, 0.25) is 0 Å². The molecule has 0 bridgehead atoms. The minimum Gasteiger partial charge on any atom is -0.756 e. The van der Waals surface area contributed by atoms with Crippen molar-refractivity contribution in [1.82, 2.24) is 0 Å². The Balaban J connectivity index is 4.02. The average Bonchev–Trinajstić information content (AvgIpc) is 3.32. The molecule has 0 saturated carbocycles. The highest BCUT2D eigenvalue weighted by Gasteiger charge is 2.22. The Labute approximate surface area is 434 Å². The van der Waals surface area contributed by atoms with Gasteiger partial charge in [0.1, 0.15) is 19.8 Å². The summed E-state index contributed by atoms with van der Waals surface area (Å²) in [6, 6.07) is 0. The van der Waals surface area contributed by atoms with Crippen molar-refractivity contribution in [3.8, 4) is 0 Å². The molecule has 2 unspecified atom stereocenters. The van der Waals surface area contributed by atoms with Gasteiger partial charge < -0.3 is 27.9 Å². The molecule has 10 heteroatoms. The van der Waals surface area contributed by atoms with E-state index >= 15 is 0 Å². The molecule has 2 atom stereocenters. The molecule has 0 aliphatic heterocycles. The fourth-order valence-corrected chi connectivity index (χ4v) is 9.49. The van der Waals surface area contributed by atoms with E-state index in [1.165, 1.54) is 212 Å². The summed E-state index contributed by atoms with van der Waals surface area (Å²) in [6.07, 6.45) is 62.4. The van der Waals surface area contributed by atoms with Crippen molar-refractivity contribution in [3.05, 3.63) is 24.3 Å². The molecule has 0 aliphatic rings. The van der Waals surface area contributed by atoms with Gasteiger partial charge >= 0.3 is 11.9 Å². The van der Waals surface area contributed by atoms with Gasteiger partial charge in [-0.25, -0.2) is 0 Å². The number of allylic oxidation sites excluding steroid dienone is 4. The maximum Gasteiger partial charge on any atom is 0.306 e. The molecule has 0 aromatic rings. The number of quaternary nitrogens is 1. The topological polar surface area (TPSA) is 111 Å². The van der Waals surface area contributed by atoms with E-state index in [-0.39, 0.29) is 32.0 Å². The van der Waals surface area contributed by atoms with Gasteiger partial charge in [-0.1, -0.05) is 244 Å². The second-order valence-corrected chi connectivity index (χ2v) is 23.1. The minimum absolute atomic E-state index is 0.0295. The second kappa shape index (κ2) is 52.4. The van der Waals surface area contributed by atoms with Crippen LogP contribution in [0.4, 0.5) is 0 Å². The van der Waals surface area contributed by atoms with E-state index in [0.717, 1.165) is 51.4 Å². The number of phosphoric ester groups is 1. The monoisotopic (exact) mass is 1010 g/mol. The van der Waals surface area contributed by atoms with Crippen LogP contribution in [-0.4, -0.2) is 70.0 Å². The molecular formula is C60H116NO8P.